The van der Waals surface area contributed by atoms with E-state index in [1.165, 1.54) is 0 Å². The van der Waals surface area contributed by atoms with Crippen LogP contribution in [0.15, 0.2) is 24.3 Å². The van der Waals surface area contributed by atoms with Gasteiger partial charge in [-0.1, -0.05) is 12.1 Å². The van der Waals surface area contributed by atoms with Crippen molar-refractivity contribution in [3.63, 3.8) is 0 Å². The molecule has 2 atom stereocenters. The molecule has 0 saturated carbocycles. The molecule has 134 valence electrons. The van der Waals surface area contributed by atoms with Crippen LogP contribution >= 0.6 is 0 Å². The molecule has 0 aromatic heterocycles. The Balaban J connectivity index is 1.72. The van der Waals surface area contributed by atoms with Gasteiger partial charge in [0.2, 0.25) is 0 Å². The standard InChI is InChI=1S/C20H26N2O3/c1-19(2,3)25-18(23)22-16-7-8-17(22)12-20(24,11-16)10-14-5-4-6-15(9-14)13-21/h4-6,9,16-17,24H,7-8,10-12H2,1-3H3. The van der Waals surface area contributed by atoms with E-state index in [0.29, 0.717) is 24.8 Å². The van der Waals surface area contributed by atoms with Crippen LogP contribution in [0.1, 0.15) is 57.6 Å². The molecule has 1 N–H and O–H groups in total. The topological polar surface area (TPSA) is 73.6 Å². The second-order valence-corrected chi connectivity index (χ2v) is 8.39. The van der Waals surface area contributed by atoms with Gasteiger partial charge in [-0.3, -0.25) is 0 Å². The van der Waals surface area contributed by atoms with Crippen LogP contribution in [-0.2, 0) is 11.2 Å². The zero-order chi connectivity index (χ0) is 18.2. The van der Waals surface area contributed by atoms with E-state index in [-0.39, 0.29) is 18.2 Å². The third-order valence-corrected chi connectivity index (χ3v) is 5.04. The van der Waals surface area contributed by atoms with Gasteiger partial charge in [0.25, 0.3) is 0 Å². The Morgan fingerprint density at radius 2 is 2.00 bits per heavy atom. The summed E-state index contributed by atoms with van der Waals surface area (Å²) in [4.78, 5) is 14.4. The van der Waals surface area contributed by atoms with Crippen molar-refractivity contribution in [1.29, 1.82) is 5.26 Å². The van der Waals surface area contributed by atoms with Crippen LogP contribution < -0.4 is 0 Å². The Labute approximate surface area is 149 Å². The highest BCUT2D eigenvalue weighted by Crippen LogP contribution is 2.42. The number of rotatable bonds is 2. The molecular formula is C20H26N2O3. The van der Waals surface area contributed by atoms with E-state index < -0.39 is 11.2 Å². The lowest BCUT2D eigenvalue weighted by Crippen LogP contribution is -2.54. The van der Waals surface area contributed by atoms with Gasteiger partial charge in [0.1, 0.15) is 5.60 Å². The van der Waals surface area contributed by atoms with Crippen molar-refractivity contribution in [2.45, 2.75) is 76.2 Å². The number of piperidine rings is 1. The van der Waals surface area contributed by atoms with Crippen molar-refractivity contribution < 1.29 is 14.6 Å². The maximum absolute atomic E-state index is 12.5. The molecule has 5 heteroatoms. The van der Waals surface area contributed by atoms with Gasteiger partial charge in [0.15, 0.2) is 0 Å². The first-order valence-electron chi connectivity index (χ1n) is 8.92. The van der Waals surface area contributed by atoms with Gasteiger partial charge in [0.05, 0.1) is 17.2 Å². The molecule has 2 heterocycles. The predicted molar refractivity (Wildman–Crippen MR) is 93.9 cm³/mol. The van der Waals surface area contributed by atoms with Crippen molar-refractivity contribution >= 4 is 6.09 Å². The first kappa shape index (κ1) is 17.8. The Kier molecular flexibility index (Phi) is 4.51. The molecule has 0 aliphatic carbocycles. The number of fused-ring (bicyclic) bond motifs is 2. The van der Waals surface area contributed by atoms with Crippen molar-refractivity contribution in [3.8, 4) is 6.07 Å². The molecule has 1 amide bonds. The molecule has 0 spiro atoms. The van der Waals surface area contributed by atoms with E-state index in [2.05, 4.69) is 6.07 Å². The number of nitriles is 1. The van der Waals surface area contributed by atoms with Crippen LogP contribution in [0.25, 0.3) is 0 Å². The number of aliphatic hydroxyl groups is 1. The fourth-order valence-electron chi connectivity index (χ4n) is 4.21. The van der Waals surface area contributed by atoms with E-state index in [1.54, 1.807) is 6.07 Å². The third kappa shape index (κ3) is 3.96. The molecule has 2 fully saturated rings. The van der Waals surface area contributed by atoms with Crippen molar-refractivity contribution in [3.05, 3.63) is 35.4 Å². The molecule has 2 aliphatic rings. The normalized spacial score (nSPS) is 28.5. The number of benzene rings is 1. The highest BCUT2D eigenvalue weighted by molar-refractivity contribution is 5.69. The lowest BCUT2D eigenvalue weighted by atomic mass is 9.81. The lowest BCUT2D eigenvalue weighted by Gasteiger charge is -2.44. The fraction of sp³-hybridized carbons (Fsp3) is 0.600. The Morgan fingerprint density at radius 3 is 2.56 bits per heavy atom. The minimum atomic E-state index is -0.835. The molecule has 2 aliphatic heterocycles. The Hall–Kier alpha value is -2.06. The highest BCUT2D eigenvalue weighted by atomic mass is 16.6. The van der Waals surface area contributed by atoms with Gasteiger partial charge in [-0.25, -0.2) is 4.79 Å². The van der Waals surface area contributed by atoms with Gasteiger partial charge < -0.3 is 14.7 Å². The van der Waals surface area contributed by atoms with E-state index in [1.807, 2.05) is 43.9 Å². The fourth-order valence-corrected chi connectivity index (χ4v) is 4.21. The molecule has 0 radical (unpaired) electrons. The third-order valence-electron chi connectivity index (χ3n) is 5.04. The maximum atomic E-state index is 12.5. The largest absolute Gasteiger partial charge is 0.444 e. The number of amides is 1. The van der Waals surface area contributed by atoms with Crippen LogP contribution in [0.4, 0.5) is 4.79 Å². The Morgan fingerprint density at radius 1 is 1.36 bits per heavy atom. The summed E-state index contributed by atoms with van der Waals surface area (Å²) in [5, 5.41) is 20.2. The number of carbonyl (C=O) groups excluding carboxylic acids is 1. The van der Waals surface area contributed by atoms with Crippen LogP contribution in [-0.4, -0.2) is 39.4 Å². The van der Waals surface area contributed by atoms with Crippen molar-refractivity contribution in [1.82, 2.24) is 4.90 Å². The van der Waals surface area contributed by atoms with Crippen LogP contribution in [0, 0.1) is 11.3 Å². The second-order valence-electron chi connectivity index (χ2n) is 8.39. The molecule has 5 nitrogen and oxygen atoms in total. The lowest BCUT2D eigenvalue weighted by molar-refractivity contribution is -0.0579. The van der Waals surface area contributed by atoms with Crippen molar-refractivity contribution in [2.24, 2.45) is 0 Å². The van der Waals surface area contributed by atoms with Gasteiger partial charge in [-0.2, -0.15) is 5.26 Å². The monoisotopic (exact) mass is 342 g/mol. The first-order chi connectivity index (χ1) is 11.7. The molecule has 2 saturated heterocycles. The average Bonchev–Trinajstić information content (AvgIpc) is 2.79. The molecule has 2 unspecified atom stereocenters. The summed E-state index contributed by atoms with van der Waals surface area (Å²) >= 11 is 0. The van der Waals surface area contributed by atoms with Crippen LogP contribution in [0.5, 0.6) is 0 Å². The number of ether oxygens (including phenoxy) is 1. The zero-order valence-corrected chi connectivity index (χ0v) is 15.2. The summed E-state index contributed by atoms with van der Waals surface area (Å²) in [6.45, 7) is 5.61. The highest BCUT2D eigenvalue weighted by Gasteiger charge is 2.50. The number of nitrogens with zero attached hydrogens (tertiary/aromatic N) is 2. The van der Waals surface area contributed by atoms with E-state index in [4.69, 9.17) is 10.00 Å². The van der Waals surface area contributed by atoms with Gasteiger partial charge in [-0.05, 0) is 64.2 Å². The van der Waals surface area contributed by atoms with Crippen LogP contribution in [0.3, 0.4) is 0 Å². The van der Waals surface area contributed by atoms with E-state index in [9.17, 15) is 9.90 Å². The van der Waals surface area contributed by atoms with Gasteiger partial charge in [0, 0.05) is 18.5 Å². The maximum Gasteiger partial charge on any atom is 0.410 e. The molecule has 1 aromatic rings. The minimum absolute atomic E-state index is 0.0257. The summed E-state index contributed by atoms with van der Waals surface area (Å²) < 4.78 is 5.54. The number of hydrogen-bond donors (Lipinski definition) is 1. The Bertz CT molecular complexity index is 688. The predicted octanol–water partition coefficient (Wildman–Crippen LogP) is 3.39. The smallest absolute Gasteiger partial charge is 0.410 e. The summed E-state index contributed by atoms with van der Waals surface area (Å²) in [7, 11) is 0. The van der Waals surface area contributed by atoms with Gasteiger partial charge in [-0.15, -0.1) is 0 Å². The van der Waals surface area contributed by atoms with E-state index in [0.717, 1.165) is 18.4 Å². The van der Waals surface area contributed by atoms with Crippen molar-refractivity contribution in [2.75, 3.05) is 0 Å². The molecule has 25 heavy (non-hydrogen) atoms. The van der Waals surface area contributed by atoms with Gasteiger partial charge >= 0.3 is 6.09 Å². The SMILES string of the molecule is CC(C)(C)OC(=O)N1C2CCC1CC(O)(Cc1cccc(C#N)c1)C2. The van der Waals surface area contributed by atoms with Crippen LogP contribution in [0.2, 0.25) is 0 Å². The average molecular weight is 342 g/mol. The summed E-state index contributed by atoms with van der Waals surface area (Å²) in [6.07, 6.45) is 3.17. The quantitative estimate of drug-likeness (QED) is 0.894. The zero-order valence-electron chi connectivity index (χ0n) is 15.2. The molecule has 3 rings (SSSR count). The summed E-state index contributed by atoms with van der Waals surface area (Å²) in [6, 6.07) is 9.58. The second kappa shape index (κ2) is 6.34. The summed E-state index contributed by atoms with van der Waals surface area (Å²) in [5.41, 5.74) is 0.224. The molecular weight excluding hydrogens is 316 g/mol. The first-order valence-corrected chi connectivity index (χ1v) is 8.92. The minimum Gasteiger partial charge on any atom is -0.444 e. The number of carbonyl (C=O) groups is 1. The molecule has 1 aromatic carbocycles. The number of hydrogen-bond acceptors (Lipinski definition) is 4. The van der Waals surface area contributed by atoms with E-state index >= 15 is 0 Å². The summed E-state index contributed by atoms with van der Waals surface area (Å²) in [5.74, 6) is 0. The molecule has 2 bridgehead atoms.